The van der Waals surface area contributed by atoms with E-state index in [0.717, 1.165) is 16.3 Å². The molecule has 0 radical (unpaired) electrons. The number of sulfonamides is 1. The Morgan fingerprint density at radius 1 is 0.967 bits per heavy atom. The molecule has 0 unspecified atom stereocenters. The van der Waals surface area contributed by atoms with Crippen LogP contribution in [-0.2, 0) is 21.4 Å². The van der Waals surface area contributed by atoms with Crippen LogP contribution in [0.2, 0.25) is 0 Å². The van der Waals surface area contributed by atoms with Crippen molar-refractivity contribution in [1.29, 1.82) is 0 Å². The highest BCUT2D eigenvalue weighted by Gasteiger charge is 2.28. The second-order valence-electron chi connectivity index (χ2n) is 7.42. The molecular formula is C23H26N2O4S. The van der Waals surface area contributed by atoms with Crippen LogP contribution in [0, 0.1) is 5.92 Å². The second kappa shape index (κ2) is 9.28. The molecule has 3 aromatic rings. The maximum Gasteiger partial charge on any atom is 0.241 e. The molecule has 0 aliphatic heterocycles. The number of hydrogen-bond acceptors (Lipinski definition) is 4. The van der Waals surface area contributed by atoms with E-state index in [0.29, 0.717) is 5.75 Å². The Labute approximate surface area is 177 Å². The van der Waals surface area contributed by atoms with Gasteiger partial charge in [0.15, 0.2) is 0 Å². The molecule has 0 spiro atoms. The van der Waals surface area contributed by atoms with E-state index in [1.807, 2.05) is 48.5 Å². The largest absolute Gasteiger partial charge is 0.497 e. The third kappa shape index (κ3) is 5.17. The van der Waals surface area contributed by atoms with Crippen LogP contribution < -0.4 is 14.8 Å². The van der Waals surface area contributed by atoms with Gasteiger partial charge in [-0.1, -0.05) is 56.3 Å². The first-order valence-corrected chi connectivity index (χ1v) is 11.2. The molecular weight excluding hydrogens is 400 g/mol. The molecule has 3 aromatic carbocycles. The van der Waals surface area contributed by atoms with E-state index in [1.165, 1.54) is 0 Å². The fourth-order valence-electron chi connectivity index (χ4n) is 3.14. The van der Waals surface area contributed by atoms with E-state index in [1.54, 1.807) is 39.2 Å². The number of rotatable bonds is 8. The number of carbonyl (C=O) groups excluding carboxylic acids is 1. The molecule has 1 amide bonds. The summed E-state index contributed by atoms with van der Waals surface area (Å²) in [6.07, 6.45) is 0. The number of hydrogen-bond donors (Lipinski definition) is 2. The number of fused-ring (bicyclic) bond motifs is 1. The fraction of sp³-hybridized carbons (Fsp3) is 0.261. The third-order valence-electron chi connectivity index (χ3n) is 4.86. The van der Waals surface area contributed by atoms with Crippen LogP contribution in [0.4, 0.5) is 0 Å². The summed E-state index contributed by atoms with van der Waals surface area (Å²) in [7, 11) is -2.29. The fourth-order valence-corrected chi connectivity index (χ4v) is 4.52. The number of carbonyl (C=O) groups is 1. The van der Waals surface area contributed by atoms with E-state index in [4.69, 9.17) is 4.74 Å². The van der Waals surface area contributed by atoms with Crippen LogP contribution in [-0.4, -0.2) is 27.5 Å². The van der Waals surface area contributed by atoms with Crippen LogP contribution >= 0.6 is 0 Å². The van der Waals surface area contributed by atoms with Crippen LogP contribution in [0.3, 0.4) is 0 Å². The van der Waals surface area contributed by atoms with Crippen molar-refractivity contribution >= 4 is 26.7 Å². The Balaban J connectivity index is 1.75. The molecule has 0 aliphatic carbocycles. The zero-order chi connectivity index (χ0) is 21.7. The molecule has 0 aromatic heterocycles. The van der Waals surface area contributed by atoms with Crippen LogP contribution in [0.15, 0.2) is 71.6 Å². The predicted octanol–water partition coefficient (Wildman–Crippen LogP) is 3.47. The summed E-state index contributed by atoms with van der Waals surface area (Å²) in [5.74, 6) is 0.0851. The van der Waals surface area contributed by atoms with E-state index < -0.39 is 16.1 Å². The number of ether oxygens (including phenoxy) is 1. The van der Waals surface area contributed by atoms with Crippen molar-refractivity contribution in [2.24, 2.45) is 5.92 Å². The summed E-state index contributed by atoms with van der Waals surface area (Å²) >= 11 is 0. The Bertz CT molecular complexity index is 1140. The van der Waals surface area contributed by atoms with Gasteiger partial charge in [0, 0.05) is 6.54 Å². The molecule has 2 N–H and O–H groups in total. The van der Waals surface area contributed by atoms with Gasteiger partial charge in [-0.2, -0.15) is 4.72 Å². The van der Waals surface area contributed by atoms with Gasteiger partial charge in [-0.25, -0.2) is 8.42 Å². The highest BCUT2D eigenvalue weighted by Crippen LogP contribution is 2.20. The topological polar surface area (TPSA) is 84.5 Å². The monoisotopic (exact) mass is 426 g/mol. The van der Waals surface area contributed by atoms with Crippen molar-refractivity contribution < 1.29 is 17.9 Å². The molecule has 0 bridgehead atoms. The highest BCUT2D eigenvalue weighted by molar-refractivity contribution is 7.89. The van der Waals surface area contributed by atoms with Gasteiger partial charge in [0.05, 0.1) is 12.0 Å². The molecule has 30 heavy (non-hydrogen) atoms. The quantitative estimate of drug-likeness (QED) is 0.578. The average Bonchev–Trinajstić information content (AvgIpc) is 2.75. The lowest BCUT2D eigenvalue weighted by atomic mass is 10.0. The molecule has 1 atom stereocenters. The molecule has 0 aliphatic rings. The first-order valence-electron chi connectivity index (χ1n) is 9.72. The van der Waals surface area contributed by atoms with Gasteiger partial charge in [0.1, 0.15) is 11.8 Å². The lowest BCUT2D eigenvalue weighted by Crippen LogP contribution is -2.49. The Morgan fingerprint density at radius 3 is 2.40 bits per heavy atom. The molecule has 0 saturated carbocycles. The number of nitrogens with one attached hydrogen (secondary N) is 2. The van der Waals surface area contributed by atoms with Gasteiger partial charge in [-0.3, -0.25) is 4.79 Å². The van der Waals surface area contributed by atoms with Crippen LogP contribution in [0.1, 0.15) is 19.4 Å². The summed E-state index contributed by atoms with van der Waals surface area (Å²) < 4.78 is 33.6. The summed E-state index contributed by atoms with van der Waals surface area (Å²) in [6.45, 7) is 3.88. The Morgan fingerprint density at radius 2 is 1.70 bits per heavy atom. The maximum absolute atomic E-state index is 12.9. The van der Waals surface area contributed by atoms with Crippen molar-refractivity contribution in [3.63, 3.8) is 0 Å². The van der Waals surface area contributed by atoms with Gasteiger partial charge < -0.3 is 10.1 Å². The third-order valence-corrected chi connectivity index (χ3v) is 6.30. The summed E-state index contributed by atoms with van der Waals surface area (Å²) in [4.78, 5) is 12.9. The van der Waals surface area contributed by atoms with Gasteiger partial charge in [0.2, 0.25) is 15.9 Å². The Kier molecular flexibility index (Phi) is 6.74. The molecule has 7 heteroatoms. The molecule has 0 heterocycles. The number of methoxy groups -OCH3 is 1. The summed E-state index contributed by atoms with van der Waals surface area (Å²) in [5, 5.41) is 4.59. The zero-order valence-electron chi connectivity index (χ0n) is 17.3. The predicted molar refractivity (Wildman–Crippen MR) is 118 cm³/mol. The lowest BCUT2D eigenvalue weighted by Gasteiger charge is -2.22. The van der Waals surface area contributed by atoms with Gasteiger partial charge in [0.25, 0.3) is 0 Å². The van der Waals surface area contributed by atoms with Crippen molar-refractivity contribution in [2.75, 3.05) is 7.11 Å². The number of amides is 1. The van der Waals surface area contributed by atoms with Crippen molar-refractivity contribution in [3.8, 4) is 5.75 Å². The lowest BCUT2D eigenvalue weighted by molar-refractivity contribution is -0.123. The van der Waals surface area contributed by atoms with Crippen molar-refractivity contribution in [2.45, 2.75) is 31.3 Å². The summed E-state index contributed by atoms with van der Waals surface area (Å²) in [5.41, 5.74) is 0.864. The van der Waals surface area contributed by atoms with Crippen LogP contribution in [0.5, 0.6) is 5.75 Å². The minimum Gasteiger partial charge on any atom is -0.497 e. The van der Waals surface area contributed by atoms with Gasteiger partial charge in [-0.15, -0.1) is 0 Å². The smallest absolute Gasteiger partial charge is 0.241 e. The minimum absolute atomic E-state index is 0.132. The van der Waals surface area contributed by atoms with Gasteiger partial charge >= 0.3 is 0 Å². The first-order chi connectivity index (χ1) is 14.3. The summed E-state index contributed by atoms with van der Waals surface area (Å²) in [6, 6.07) is 18.9. The number of benzene rings is 3. The molecule has 0 fully saturated rings. The maximum atomic E-state index is 12.9. The van der Waals surface area contributed by atoms with Gasteiger partial charge in [-0.05, 0) is 46.5 Å². The SMILES string of the molecule is COc1cccc(CNC(=O)[C@@H](NS(=O)(=O)c2ccc3ccccc3c2)C(C)C)c1. The van der Waals surface area contributed by atoms with E-state index in [9.17, 15) is 13.2 Å². The first kappa shape index (κ1) is 21.8. The van der Waals surface area contributed by atoms with Crippen molar-refractivity contribution in [1.82, 2.24) is 10.0 Å². The zero-order valence-corrected chi connectivity index (χ0v) is 18.1. The van der Waals surface area contributed by atoms with E-state index in [-0.39, 0.29) is 23.3 Å². The molecule has 0 saturated heterocycles. The van der Waals surface area contributed by atoms with E-state index in [2.05, 4.69) is 10.0 Å². The average molecular weight is 427 g/mol. The molecule has 158 valence electrons. The minimum atomic E-state index is -3.87. The second-order valence-corrected chi connectivity index (χ2v) is 9.14. The highest BCUT2D eigenvalue weighted by atomic mass is 32.2. The van der Waals surface area contributed by atoms with Crippen LogP contribution in [0.25, 0.3) is 10.8 Å². The molecule has 6 nitrogen and oxygen atoms in total. The standard InChI is InChI=1S/C23H26N2O4S/c1-16(2)22(23(26)24-15-17-7-6-10-20(13-17)29-3)25-30(27,28)21-12-11-18-8-4-5-9-19(18)14-21/h4-14,16,22,25H,15H2,1-3H3,(H,24,26)/t22-/m0/s1. The normalized spacial score (nSPS) is 12.7. The van der Waals surface area contributed by atoms with E-state index >= 15 is 0 Å². The van der Waals surface area contributed by atoms with Crippen molar-refractivity contribution in [3.05, 3.63) is 72.3 Å². The Hall–Kier alpha value is -2.90. The molecule has 3 rings (SSSR count).